The molecule has 1 rings (SSSR count). The van der Waals surface area contributed by atoms with E-state index in [1.807, 2.05) is 0 Å². The van der Waals surface area contributed by atoms with Crippen LogP contribution in [0.5, 0.6) is 0 Å². The number of halogens is 1. The number of nitrogens with one attached hydrogen (secondary N) is 2. The normalized spacial score (nSPS) is 10.1. The molecule has 0 aromatic carbocycles. The summed E-state index contributed by atoms with van der Waals surface area (Å²) in [6.07, 6.45) is 4.19. The summed E-state index contributed by atoms with van der Waals surface area (Å²) in [5.74, 6) is 0. The lowest BCUT2D eigenvalue weighted by atomic mass is 10.3. The molecule has 0 aliphatic heterocycles. The molecule has 0 saturated heterocycles. The van der Waals surface area contributed by atoms with E-state index < -0.39 is 6.80 Å². The van der Waals surface area contributed by atoms with Gasteiger partial charge in [-0.2, -0.15) is 0 Å². The number of rotatable bonds is 4. The Morgan fingerprint density at radius 3 is 3.20 bits per heavy atom. The van der Waals surface area contributed by atoms with Crippen LogP contribution in [0, 0.1) is 0 Å². The van der Waals surface area contributed by atoms with Gasteiger partial charge < -0.3 is 4.98 Å². The van der Waals surface area contributed by atoms with Crippen LogP contribution in [0.3, 0.4) is 0 Å². The van der Waals surface area contributed by atoms with Gasteiger partial charge in [-0.15, -0.1) is 0 Å². The van der Waals surface area contributed by atoms with Crippen molar-refractivity contribution in [3.8, 4) is 0 Å². The minimum atomic E-state index is -0.468. The van der Waals surface area contributed by atoms with Crippen LogP contribution >= 0.6 is 0 Å². The summed E-state index contributed by atoms with van der Waals surface area (Å²) in [5, 5.41) is 2.57. The lowest BCUT2D eigenvalue weighted by Gasteiger charge is -1.94. The fourth-order valence-corrected chi connectivity index (χ4v) is 0.711. The topological polar surface area (TPSA) is 40.7 Å². The maximum Gasteiger partial charge on any atom is 0.140 e. The molecular weight excluding hydrogens is 133 g/mol. The predicted molar refractivity (Wildman–Crippen MR) is 36.3 cm³/mol. The van der Waals surface area contributed by atoms with E-state index in [0.717, 1.165) is 12.1 Å². The first kappa shape index (κ1) is 7.21. The number of aromatic amines is 1. The van der Waals surface area contributed by atoms with Crippen molar-refractivity contribution in [3.63, 3.8) is 0 Å². The highest BCUT2D eigenvalue weighted by Crippen LogP contribution is 1.89. The van der Waals surface area contributed by atoms with E-state index in [-0.39, 0.29) is 0 Å². The molecule has 0 atom stereocenters. The Morgan fingerprint density at radius 2 is 2.60 bits per heavy atom. The van der Waals surface area contributed by atoms with Crippen LogP contribution in [0.1, 0.15) is 5.69 Å². The Morgan fingerprint density at radius 1 is 1.70 bits per heavy atom. The molecule has 4 heteroatoms. The van der Waals surface area contributed by atoms with Crippen molar-refractivity contribution in [2.75, 3.05) is 13.3 Å². The molecule has 1 aromatic rings. The van der Waals surface area contributed by atoms with E-state index in [2.05, 4.69) is 15.3 Å². The van der Waals surface area contributed by atoms with Crippen LogP contribution in [-0.4, -0.2) is 23.3 Å². The van der Waals surface area contributed by atoms with Crippen LogP contribution < -0.4 is 5.32 Å². The van der Waals surface area contributed by atoms with E-state index in [1.165, 1.54) is 0 Å². The van der Waals surface area contributed by atoms with Crippen molar-refractivity contribution in [1.29, 1.82) is 0 Å². The minimum Gasteiger partial charge on any atom is -0.351 e. The van der Waals surface area contributed by atoms with Crippen LogP contribution in [0.4, 0.5) is 4.39 Å². The fraction of sp³-hybridized carbons (Fsp3) is 0.500. The highest BCUT2D eigenvalue weighted by molar-refractivity contribution is 4.94. The molecule has 10 heavy (non-hydrogen) atoms. The van der Waals surface area contributed by atoms with E-state index >= 15 is 0 Å². The summed E-state index contributed by atoms with van der Waals surface area (Å²) in [6.45, 7) is 0.172. The minimum absolute atomic E-state index is 0.468. The summed E-state index contributed by atoms with van der Waals surface area (Å²) in [5.41, 5.74) is 0.959. The first-order valence-corrected chi connectivity index (χ1v) is 3.18. The lowest BCUT2D eigenvalue weighted by molar-refractivity contribution is 0.427. The first-order valence-electron chi connectivity index (χ1n) is 3.18. The van der Waals surface area contributed by atoms with Crippen LogP contribution in [0.2, 0.25) is 0 Å². The molecule has 2 N–H and O–H groups in total. The molecule has 0 saturated carbocycles. The Hall–Kier alpha value is -0.900. The largest absolute Gasteiger partial charge is 0.351 e. The van der Waals surface area contributed by atoms with Crippen molar-refractivity contribution >= 4 is 0 Å². The third-order valence-corrected chi connectivity index (χ3v) is 1.21. The van der Waals surface area contributed by atoms with E-state index in [4.69, 9.17) is 0 Å². The van der Waals surface area contributed by atoms with Gasteiger partial charge in [0.1, 0.15) is 6.80 Å². The van der Waals surface area contributed by atoms with Crippen molar-refractivity contribution < 1.29 is 4.39 Å². The number of H-pyrrole nitrogens is 1. The van der Waals surface area contributed by atoms with Gasteiger partial charge in [-0.25, -0.2) is 9.37 Å². The third-order valence-electron chi connectivity index (χ3n) is 1.21. The standard InChI is InChI=1S/C6H10FN3/c7-4-8-2-1-6-3-9-5-10-6/h3,5,8H,1-2,4H2,(H,9,10). The Kier molecular flexibility index (Phi) is 2.89. The highest BCUT2D eigenvalue weighted by atomic mass is 19.1. The summed E-state index contributed by atoms with van der Waals surface area (Å²) in [4.78, 5) is 6.79. The fourth-order valence-electron chi connectivity index (χ4n) is 0.711. The second kappa shape index (κ2) is 4.00. The van der Waals surface area contributed by atoms with Gasteiger partial charge in [0.2, 0.25) is 0 Å². The lowest BCUT2D eigenvalue weighted by Crippen LogP contribution is -2.15. The van der Waals surface area contributed by atoms with Crippen LogP contribution in [0.25, 0.3) is 0 Å². The molecular formula is C6H10FN3. The molecule has 3 nitrogen and oxygen atoms in total. The molecule has 0 amide bonds. The average molecular weight is 143 g/mol. The Balaban J connectivity index is 2.15. The van der Waals surface area contributed by atoms with Gasteiger partial charge in [-0.05, 0) is 0 Å². The van der Waals surface area contributed by atoms with E-state index in [9.17, 15) is 4.39 Å². The summed E-state index contributed by atoms with van der Waals surface area (Å²) >= 11 is 0. The zero-order chi connectivity index (χ0) is 7.23. The maximum atomic E-state index is 11.5. The molecule has 1 heterocycles. The third kappa shape index (κ3) is 2.14. The van der Waals surface area contributed by atoms with Gasteiger partial charge in [-0.3, -0.25) is 5.32 Å². The van der Waals surface area contributed by atoms with E-state index in [0.29, 0.717) is 6.54 Å². The number of alkyl halides is 1. The molecule has 0 spiro atoms. The quantitative estimate of drug-likeness (QED) is 0.475. The van der Waals surface area contributed by atoms with Crippen molar-refractivity contribution in [2.45, 2.75) is 6.42 Å². The zero-order valence-electron chi connectivity index (χ0n) is 5.60. The van der Waals surface area contributed by atoms with Crippen molar-refractivity contribution in [3.05, 3.63) is 18.2 Å². The number of aromatic nitrogens is 2. The van der Waals surface area contributed by atoms with E-state index in [1.54, 1.807) is 12.5 Å². The van der Waals surface area contributed by atoms with Crippen molar-refractivity contribution in [1.82, 2.24) is 15.3 Å². The molecule has 0 unspecified atom stereocenters. The number of hydrogen-bond acceptors (Lipinski definition) is 2. The second-order valence-corrected chi connectivity index (χ2v) is 1.94. The zero-order valence-corrected chi connectivity index (χ0v) is 5.60. The number of hydrogen-bond donors (Lipinski definition) is 2. The molecule has 0 bridgehead atoms. The van der Waals surface area contributed by atoms with Gasteiger partial charge in [0.15, 0.2) is 0 Å². The molecule has 0 radical (unpaired) electrons. The predicted octanol–water partition coefficient (Wildman–Crippen LogP) is 0.469. The monoisotopic (exact) mass is 143 g/mol. The SMILES string of the molecule is FCNCCc1c[nH]cn1. The molecule has 1 aromatic heterocycles. The molecule has 0 aliphatic carbocycles. The van der Waals surface area contributed by atoms with Gasteiger partial charge in [0, 0.05) is 19.2 Å². The van der Waals surface area contributed by atoms with Crippen LogP contribution in [-0.2, 0) is 6.42 Å². The van der Waals surface area contributed by atoms with Crippen molar-refractivity contribution in [2.24, 2.45) is 0 Å². The van der Waals surface area contributed by atoms with Gasteiger partial charge in [0.05, 0.1) is 12.0 Å². The number of imidazole rings is 1. The molecule has 0 fully saturated rings. The first-order chi connectivity index (χ1) is 4.93. The van der Waals surface area contributed by atoms with Gasteiger partial charge >= 0.3 is 0 Å². The summed E-state index contributed by atoms with van der Waals surface area (Å²) in [7, 11) is 0. The summed E-state index contributed by atoms with van der Waals surface area (Å²) < 4.78 is 11.5. The second-order valence-electron chi connectivity index (χ2n) is 1.94. The molecule has 56 valence electrons. The molecule has 0 aliphatic rings. The summed E-state index contributed by atoms with van der Waals surface area (Å²) in [6, 6.07) is 0. The smallest absolute Gasteiger partial charge is 0.140 e. The average Bonchev–Trinajstić information content (AvgIpc) is 2.41. The van der Waals surface area contributed by atoms with Gasteiger partial charge in [-0.1, -0.05) is 0 Å². The maximum absolute atomic E-state index is 11.5. The Bertz CT molecular complexity index is 162. The Labute approximate surface area is 58.7 Å². The highest BCUT2D eigenvalue weighted by Gasteiger charge is 1.91. The number of nitrogens with zero attached hydrogens (tertiary/aromatic N) is 1. The van der Waals surface area contributed by atoms with Gasteiger partial charge in [0.25, 0.3) is 0 Å². The van der Waals surface area contributed by atoms with Crippen LogP contribution in [0.15, 0.2) is 12.5 Å².